The normalized spacial score (nSPS) is 38.3. The number of nitrogens with one attached hydrogen (secondary N) is 1. The summed E-state index contributed by atoms with van der Waals surface area (Å²) in [5, 5.41) is 14.4. The van der Waals surface area contributed by atoms with Crippen molar-refractivity contribution in [2.75, 3.05) is 6.26 Å². The highest BCUT2D eigenvalue weighted by Crippen LogP contribution is 2.55. The monoisotopic (exact) mass is 409 g/mol. The fraction of sp³-hybridized carbons (Fsp3) is 0.750. The summed E-state index contributed by atoms with van der Waals surface area (Å²) in [5.74, 6) is -2.18. The number of amides is 1. The molecule has 5 aliphatic rings. The van der Waals surface area contributed by atoms with Crippen LogP contribution in [-0.4, -0.2) is 44.8 Å². The number of aromatic nitrogens is 2. The van der Waals surface area contributed by atoms with Gasteiger partial charge in [0.25, 0.3) is 5.91 Å². The molecule has 2 unspecified atom stereocenters. The molecule has 0 saturated heterocycles. The molecule has 5 aliphatic carbocycles. The minimum Gasteiger partial charge on any atom is -0.390 e. The molecule has 6 rings (SSSR count). The molecule has 8 heteroatoms. The van der Waals surface area contributed by atoms with E-state index in [1.165, 1.54) is 18.0 Å². The fourth-order valence-electron chi connectivity index (χ4n) is 6.26. The van der Waals surface area contributed by atoms with Crippen molar-refractivity contribution in [3.05, 3.63) is 17.5 Å². The van der Waals surface area contributed by atoms with E-state index in [0.717, 1.165) is 32.1 Å². The largest absolute Gasteiger partial charge is 0.390 e. The van der Waals surface area contributed by atoms with Crippen molar-refractivity contribution in [2.45, 2.75) is 73.6 Å². The number of carbonyl (C=O) groups excluding carboxylic acids is 1. The van der Waals surface area contributed by atoms with Crippen LogP contribution in [0, 0.1) is 17.8 Å². The molecule has 5 nitrogen and oxygen atoms in total. The van der Waals surface area contributed by atoms with E-state index in [9.17, 15) is 18.7 Å². The molecule has 1 aromatic heterocycles. The van der Waals surface area contributed by atoms with Crippen LogP contribution in [0.2, 0.25) is 0 Å². The molecule has 152 valence electrons. The van der Waals surface area contributed by atoms with E-state index in [0.29, 0.717) is 34.2 Å². The maximum absolute atomic E-state index is 13.4. The summed E-state index contributed by atoms with van der Waals surface area (Å²) in [6, 6.07) is 0.0419. The Morgan fingerprint density at radius 2 is 1.89 bits per heavy atom. The summed E-state index contributed by atoms with van der Waals surface area (Å²) in [6.07, 6.45) is 7.27. The van der Waals surface area contributed by atoms with Gasteiger partial charge in [-0.2, -0.15) is 0 Å². The zero-order valence-corrected chi connectivity index (χ0v) is 16.6. The van der Waals surface area contributed by atoms with Crippen molar-refractivity contribution < 1.29 is 18.7 Å². The first kappa shape index (κ1) is 18.7. The molecule has 5 saturated carbocycles. The second-order valence-electron chi connectivity index (χ2n) is 9.31. The van der Waals surface area contributed by atoms with Crippen LogP contribution in [-0.2, 0) is 0 Å². The van der Waals surface area contributed by atoms with E-state index in [4.69, 9.17) is 0 Å². The van der Waals surface area contributed by atoms with Crippen LogP contribution < -0.4 is 5.32 Å². The lowest BCUT2D eigenvalue weighted by molar-refractivity contribution is -0.136. The number of nitrogens with zero attached hydrogens (tertiary/aromatic N) is 2. The minimum absolute atomic E-state index is 0.0419. The standard InChI is InChI=1S/C20H25F2N3O2S/c1-28-18-23-9-14(16(25-18)13-7-20(21,22)8-13)17(26)24-15-11-2-10-3-12(15)6-19(27,4-10)5-11/h9-13,15,27H,2-8H2,1H3,(H,24,26)/t10?,11?,12?,15-,19+. The molecule has 1 heterocycles. The number of hydrogen-bond donors (Lipinski definition) is 2. The van der Waals surface area contributed by atoms with Gasteiger partial charge < -0.3 is 10.4 Å². The SMILES string of the molecule is CSc1ncc(C(=O)N[C@H]2C3CC4CC2C[C@@](O)(C4)C3)c(C2CC(F)(F)C2)n1. The first-order chi connectivity index (χ1) is 13.3. The second kappa shape index (κ2) is 6.36. The van der Waals surface area contributed by atoms with Gasteiger partial charge in [-0.25, -0.2) is 18.7 Å². The van der Waals surface area contributed by atoms with Crippen molar-refractivity contribution in [3.8, 4) is 0 Å². The number of rotatable bonds is 4. The number of aliphatic hydroxyl groups is 1. The average Bonchev–Trinajstić information content (AvgIpc) is 2.60. The van der Waals surface area contributed by atoms with E-state index in [-0.39, 0.29) is 24.8 Å². The third kappa shape index (κ3) is 3.12. The van der Waals surface area contributed by atoms with Gasteiger partial charge in [0.1, 0.15) is 0 Å². The molecule has 0 radical (unpaired) electrons. The van der Waals surface area contributed by atoms with E-state index >= 15 is 0 Å². The van der Waals surface area contributed by atoms with E-state index < -0.39 is 17.4 Å². The van der Waals surface area contributed by atoms with Gasteiger partial charge in [-0.1, -0.05) is 11.8 Å². The highest BCUT2D eigenvalue weighted by atomic mass is 32.2. The molecule has 4 bridgehead atoms. The molecule has 1 amide bonds. The zero-order chi connectivity index (χ0) is 19.7. The molecule has 5 fully saturated rings. The molecule has 0 aromatic carbocycles. The molecule has 2 N–H and O–H groups in total. The van der Waals surface area contributed by atoms with Crippen LogP contribution in [0.25, 0.3) is 0 Å². The van der Waals surface area contributed by atoms with Crippen LogP contribution in [0.4, 0.5) is 8.78 Å². The second-order valence-corrected chi connectivity index (χ2v) is 10.1. The predicted molar refractivity (Wildman–Crippen MR) is 100 cm³/mol. The highest BCUT2D eigenvalue weighted by molar-refractivity contribution is 7.98. The van der Waals surface area contributed by atoms with Gasteiger partial charge >= 0.3 is 0 Å². The predicted octanol–water partition coefficient (Wildman–Crippen LogP) is 3.38. The molecule has 28 heavy (non-hydrogen) atoms. The van der Waals surface area contributed by atoms with Crippen LogP contribution in [0.3, 0.4) is 0 Å². The molecular weight excluding hydrogens is 384 g/mol. The van der Waals surface area contributed by atoms with Crippen molar-refractivity contribution in [1.82, 2.24) is 15.3 Å². The Bertz CT molecular complexity index is 797. The molecule has 0 spiro atoms. The maximum Gasteiger partial charge on any atom is 0.254 e. The van der Waals surface area contributed by atoms with E-state index in [1.807, 2.05) is 6.26 Å². The summed E-state index contributed by atoms with van der Waals surface area (Å²) < 4.78 is 26.8. The number of hydrogen-bond acceptors (Lipinski definition) is 5. The molecular formula is C20H25F2N3O2S. The Balaban J connectivity index is 1.37. The van der Waals surface area contributed by atoms with Crippen LogP contribution in [0.15, 0.2) is 11.4 Å². The van der Waals surface area contributed by atoms with Gasteiger partial charge in [0.2, 0.25) is 5.92 Å². The van der Waals surface area contributed by atoms with Crippen molar-refractivity contribution in [1.29, 1.82) is 0 Å². The fourth-order valence-corrected chi connectivity index (χ4v) is 6.61. The minimum atomic E-state index is -2.67. The Kier molecular flexibility index (Phi) is 4.25. The Morgan fingerprint density at radius 3 is 2.46 bits per heavy atom. The van der Waals surface area contributed by atoms with Crippen LogP contribution in [0.5, 0.6) is 0 Å². The van der Waals surface area contributed by atoms with E-state index in [2.05, 4.69) is 15.3 Å². The lowest BCUT2D eigenvalue weighted by Gasteiger charge is -2.58. The summed E-state index contributed by atoms with van der Waals surface area (Å²) in [4.78, 5) is 21.7. The van der Waals surface area contributed by atoms with Crippen molar-refractivity contribution >= 4 is 17.7 Å². The Labute approximate surface area is 167 Å². The number of halogens is 2. The van der Waals surface area contributed by atoms with Gasteiger partial charge in [0.05, 0.1) is 16.9 Å². The van der Waals surface area contributed by atoms with Gasteiger partial charge in [-0.05, 0) is 56.1 Å². The number of thioether (sulfide) groups is 1. The molecule has 0 aliphatic heterocycles. The van der Waals surface area contributed by atoms with Gasteiger partial charge in [0, 0.05) is 31.0 Å². The zero-order valence-electron chi connectivity index (χ0n) is 15.8. The van der Waals surface area contributed by atoms with Crippen molar-refractivity contribution in [2.24, 2.45) is 17.8 Å². The topological polar surface area (TPSA) is 75.1 Å². The Hall–Kier alpha value is -1.28. The van der Waals surface area contributed by atoms with Crippen LogP contribution in [0.1, 0.15) is 66.9 Å². The van der Waals surface area contributed by atoms with Crippen molar-refractivity contribution in [3.63, 3.8) is 0 Å². The molecule has 2 atom stereocenters. The third-order valence-electron chi connectivity index (χ3n) is 7.24. The molecule has 1 aromatic rings. The average molecular weight is 410 g/mol. The van der Waals surface area contributed by atoms with Gasteiger partial charge in [0.15, 0.2) is 5.16 Å². The first-order valence-electron chi connectivity index (χ1n) is 10.1. The lowest BCUT2D eigenvalue weighted by Crippen LogP contribution is -2.61. The third-order valence-corrected chi connectivity index (χ3v) is 7.80. The maximum atomic E-state index is 13.4. The lowest BCUT2D eigenvalue weighted by atomic mass is 9.52. The summed E-state index contributed by atoms with van der Waals surface area (Å²) >= 11 is 1.34. The van der Waals surface area contributed by atoms with Gasteiger partial charge in [-0.3, -0.25) is 4.79 Å². The highest BCUT2D eigenvalue weighted by Gasteiger charge is 2.55. The summed E-state index contributed by atoms with van der Waals surface area (Å²) in [7, 11) is 0. The summed E-state index contributed by atoms with van der Waals surface area (Å²) in [6.45, 7) is 0. The Morgan fingerprint density at radius 1 is 1.21 bits per heavy atom. The van der Waals surface area contributed by atoms with Gasteiger partial charge in [-0.15, -0.1) is 0 Å². The smallest absolute Gasteiger partial charge is 0.254 e. The summed E-state index contributed by atoms with van der Waals surface area (Å²) in [5.41, 5.74) is 0.222. The number of carbonyl (C=O) groups is 1. The van der Waals surface area contributed by atoms with E-state index in [1.54, 1.807) is 0 Å². The quantitative estimate of drug-likeness (QED) is 0.589. The van der Waals surface area contributed by atoms with Crippen LogP contribution >= 0.6 is 11.8 Å². The first-order valence-corrected chi connectivity index (χ1v) is 11.3. The number of alkyl halides is 2.